The van der Waals surface area contributed by atoms with Gasteiger partial charge in [-0.2, -0.15) is 0 Å². The number of imidazole rings is 1. The molecule has 1 aromatic carbocycles. The number of ether oxygens (including phenoxy) is 1. The Hall–Kier alpha value is -1.29. The average molecular weight is 283 g/mol. The van der Waals surface area contributed by atoms with Crippen molar-refractivity contribution in [1.29, 1.82) is 0 Å². The highest BCUT2D eigenvalue weighted by molar-refractivity contribution is 6.16. The van der Waals surface area contributed by atoms with Gasteiger partial charge in [0.2, 0.25) is 0 Å². The van der Waals surface area contributed by atoms with E-state index >= 15 is 0 Å². The van der Waals surface area contributed by atoms with Crippen molar-refractivity contribution in [2.24, 2.45) is 5.92 Å². The number of methoxy groups -OCH3 is 1. The van der Waals surface area contributed by atoms with Crippen molar-refractivity contribution in [2.75, 3.05) is 7.11 Å². The first-order valence-electron chi connectivity index (χ1n) is 6.46. The van der Waals surface area contributed by atoms with Gasteiger partial charge in [-0.25, -0.2) is 9.37 Å². The zero-order chi connectivity index (χ0) is 13.6. The highest BCUT2D eigenvalue weighted by atomic mass is 35.5. The lowest BCUT2D eigenvalue weighted by Crippen LogP contribution is -2.10. The van der Waals surface area contributed by atoms with Crippen LogP contribution >= 0.6 is 11.6 Å². The van der Waals surface area contributed by atoms with Gasteiger partial charge in [-0.3, -0.25) is 0 Å². The number of fused-ring (bicyclic) bond motifs is 1. The van der Waals surface area contributed by atoms with Gasteiger partial charge in [0.1, 0.15) is 5.82 Å². The molecule has 19 heavy (non-hydrogen) atoms. The smallest absolute Gasteiger partial charge is 0.167 e. The number of aromatic nitrogens is 2. The van der Waals surface area contributed by atoms with Crippen LogP contribution in [0, 0.1) is 11.7 Å². The minimum Gasteiger partial charge on any atom is -0.494 e. The summed E-state index contributed by atoms with van der Waals surface area (Å²) in [5.74, 6) is 1.66. The summed E-state index contributed by atoms with van der Waals surface area (Å²) in [7, 11) is 1.47. The van der Waals surface area contributed by atoms with E-state index in [4.69, 9.17) is 16.3 Å². The van der Waals surface area contributed by atoms with Crippen LogP contribution in [0.5, 0.6) is 5.75 Å². The molecule has 1 saturated carbocycles. The van der Waals surface area contributed by atoms with Gasteiger partial charge >= 0.3 is 0 Å². The third-order valence-electron chi connectivity index (χ3n) is 3.87. The molecule has 1 atom stereocenters. The van der Waals surface area contributed by atoms with Crippen molar-refractivity contribution in [3.05, 3.63) is 23.8 Å². The molecule has 1 fully saturated rings. The Balaban J connectivity index is 2.21. The Labute approximate surface area is 116 Å². The summed E-state index contributed by atoms with van der Waals surface area (Å²) in [5.41, 5.74) is 1.54. The molecule has 1 unspecified atom stereocenters. The third kappa shape index (κ3) is 2.08. The van der Waals surface area contributed by atoms with Gasteiger partial charge in [-0.15, -0.1) is 11.6 Å². The molecule has 0 amide bonds. The molecule has 0 aliphatic heterocycles. The van der Waals surface area contributed by atoms with Crippen LogP contribution in [0.1, 0.15) is 31.6 Å². The molecule has 2 aromatic rings. The number of benzene rings is 1. The van der Waals surface area contributed by atoms with E-state index in [9.17, 15) is 4.39 Å². The second-order valence-electron chi connectivity index (χ2n) is 5.09. The molecule has 5 heteroatoms. The average Bonchev–Trinajstić information content (AvgIpc) is 3.18. The van der Waals surface area contributed by atoms with Crippen LogP contribution in [0.25, 0.3) is 11.0 Å². The second-order valence-corrected chi connectivity index (χ2v) is 5.35. The zero-order valence-corrected chi connectivity index (χ0v) is 11.7. The summed E-state index contributed by atoms with van der Waals surface area (Å²) in [6.07, 6.45) is 2.47. The minimum atomic E-state index is -0.389. The summed E-state index contributed by atoms with van der Waals surface area (Å²) >= 11 is 5.98. The van der Waals surface area contributed by atoms with Crippen LogP contribution in [0.4, 0.5) is 4.39 Å². The molecule has 1 aliphatic carbocycles. The van der Waals surface area contributed by atoms with E-state index in [0.29, 0.717) is 23.4 Å². The minimum absolute atomic E-state index is 0.248. The topological polar surface area (TPSA) is 27.1 Å². The van der Waals surface area contributed by atoms with E-state index in [1.807, 2.05) is 0 Å². The molecular formula is C14H16ClFN2O. The van der Waals surface area contributed by atoms with Gasteiger partial charge in [0.05, 0.1) is 24.0 Å². The van der Waals surface area contributed by atoms with Crippen molar-refractivity contribution < 1.29 is 9.13 Å². The predicted octanol–water partition coefficient (Wildman–Crippen LogP) is 3.89. The normalized spacial score (nSPS) is 16.8. The van der Waals surface area contributed by atoms with Gasteiger partial charge in [0.25, 0.3) is 0 Å². The fraction of sp³-hybridized carbons (Fsp3) is 0.500. The monoisotopic (exact) mass is 282 g/mol. The molecule has 3 rings (SSSR count). The first-order chi connectivity index (χ1) is 9.15. The number of hydrogen-bond donors (Lipinski definition) is 0. The maximum atomic E-state index is 13.7. The highest BCUT2D eigenvalue weighted by Crippen LogP contribution is 2.42. The molecule has 1 aromatic heterocycles. The Kier molecular flexibility index (Phi) is 3.13. The lowest BCUT2D eigenvalue weighted by molar-refractivity contribution is 0.387. The van der Waals surface area contributed by atoms with E-state index < -0.39 is 0 Å². The summed E-state index contributed by atoms with van der Waals surface area (Å²) < 4.78 is 20.9. The summed E-state index contributed by atoms with van der Waals surface area (Å²) in [6, 6.07) is 3.47. The summed E-state index contributed by atoms with van der Waals surface area (Å²) in [4.78, 5) is 4.43. The molecule has 0 saturated heterocycles. The maximum absolute atomic E-state index is 13.7. The summed E-state index contributed by atoms with van der Waals surface area (Å²) in [6.45, 7) is 2.17. The summed E-state index contributed by atoms with van der Waals surface area (Å²) in [5, 5.41) is 0. The van der Waals surface area contributed by atoms with Crippen molar-refractivity contribution >= 4 is 22.6 Å². The van der Waals surface area contributed by atoms with Gasteiger partial charge in [-0.1, -0.05) is 0 Å². The quantitative estimate of drug-likeness (QED) is 0.796. The molecule has 102 valence electrons. The lowest BCUT2D eigenvalue weighted by Gasteiger charge is -2.16. The first kappa shape index (κ1) is 12.7. The molecule has 0 N–H and O–H groups in total. The van der Waals surface area contributed by atoms with Crippen LogP contribution in [-0.4, -0.2) is 16.7 Å². The van der Waals surface area contributed by atoms with Gasteiger partial charge in [0, 0.05) is 18.2 Å². The predicted molar refractivity (Wildman–Crippen MR) is 73.2 cm³/mol. The molecule has 0 radical (unpaired) electrons. The molecule has 0 spiro atoms. The third-order valence-corrected chi connectivity index (χ3v) is 4.11. The van der Waals surface area contributed by atoms with E-state index in [-0.39, 0.29) is 11.6 Å². The van der Waals surface area contributed by atoms with E-state index in [2.05, 4.69) is 16.5 Å². The van der Waals surface area contributed by atoms with Crippen LogP contribution in [0.3, 0.4) is 0 Å². The SMILES string of the molecule is COc1cc2c(cc1F)nc(CCl)n2C(C)C1CC1. The van der Waals surface area contributed by atoms with Crippen molar-refractivity contribution in [2.45, 2.75) is 31.7 Å². The fourth-order valence-electron chi connectivity index (χ4n) is 2.64. The van der Waals surface area contributed by atoms with E-state index in [1.54, 1.807) is 6.07 Å². The molecule has 1 heterocycles. The van der Waals surface area contributed by atoms with Crippen molar-refractivity contribution in [3.8, 4) is 5.75 Å². The number of halogens is 2. The van der Waals surface area contributed by atoms with Gasteiger partial charge in [0.15, 0.2) is 11.6 Å². The van der Waals surface area contributed by atoms with E-state index in [0.717, 1.165) is 11.3 Å². The first-order valence-corrected chi connectivity index (χ1v) is 6.99. The Bertz CT molecular complexity index is 621. The van der Waals surface area contributed by atoms with E-state index in [1.165, 1.54) is 26.0 Å². The Morgan fingerprint density at radius 1 is 1.53 bits per heavy atom. The zero-order valence-electron chi connectivity index (χ0n) is 11.0. The van der Waals surface area contributed by atoms with Crippen LogP contribution < -0.4 is 4.74 Å². The number of rotatable bonds is 4. The van der Waals surface area contributed by atoms with Crippen molar-refractivity contribution in [1.82, 2.24) is 9.55 Å². The number of alkyl halides is 1. The van der Waals surface area contributed by atoms with Crippen LogP contribution in [-0.2, 0) is 5.88 Å². The highest BCUT2D eigenvalue weighted by Gasteiger charge is 2.31. The molecular weight excluding hydrogens is 267 g/mol. The van der Waals surface area contributed by atoms with Crippen LogP contribution in [0.15, 0.2) is 12.1 Å². The van der Waals surface area contributed by atoms with Gasteiger partial charge < -0.3 is 9.30 Å². The van der Waals surface area contributed by atoms with Gasteiger partial charge in [-0.05, 0) is 25.7 Å². The Morgan fingerprint density at radius 3 is 2.84 bits per heavy atom. The largest absolute Gasteiger partial charge is 0.494 e. The molecule has 3 nitrogen and oxygen atoms in total. The fourth-order valence-corrected chi connectivity index (χ4v) is 2.83. The number of hydrogen-bond acceptors (Lipinski definition) is 2. The lowest BCUT2D eigenvalue weighted by atomic mass is 10.2. The Morgan fingerprint density at radius 2 is 2.26 bits per heavy atom. The van der Waals surface area contributed by atoms with Crippen LogP contribution in [0.2, 0.25) is 0 Å². The maximum Gasteiger partial charge on any atom is 0.167 e. The molecule has 1 aliphatic rings. The number of nitrogens with zero attached hydrogens (tertiary/aromatic N) is 2. The van der Waals surface area contributed by atoms with Crippen molar-refractivity contribution in [3.63, 3.8) is 0 Å². The standard InChI is InChI=1S/C14H16ClFN2O/c1-8(9-3-4-9)18-12-6-13(19-2)10(16)5-11(12)17-14(18)7-15/h5-6,8-9H,3-4,7H2,1-2H3. The second kappa shape index (κ2) is 4.67. The molecule has 0 bridgehead atoms.